The van der Waals surface area contributed by atoms with E-state index in [0.29, 0.717) is 11.3 Å². The van der Waals surface area contributed by atoms with E-state index >= 15 is 0 Å². The van der Waals surface area contributed by atoms with E-state index in [1.807, 2.05) is 13.0 Å². The predicted molar refractivity (Wildman–Crippen MR) is 44.9 cm³/mol. The second-order valence-corrected chi connectivity index (χ2v) is 2.62. The molecule has 3 nitrogen and oxygen atoms in total. The highest BCUT2D eigenvalue weighted by Crippen LogP contribution is 2.24. The highest BCUT2D eigenvalue weighted by atomic mass is 16.5. The monoisotopic (exact) mass is 168 g/mol. The van der Waals surface area contributed by atoms with Crippen molar-refractivity contribution in [3.8, 4) is 5.75 Å². The molecule has 0 radical (unpaired) electrons. The molecule has 1 aromatic rings. The van der Waals surface area contributed by atoms with Crippen LogP contribution in [-0.2, 0) is 0 Å². The minimum Gasteiger partial charge on any atom is -0.496 e. The zero-order valence-electron chi connectivity index (χ0n) is 7.11. The first-order chi connectivity index (χ1) is 5.65. The third kappa shape index (κ3) is 1.75. The molecule has 0 spiro atoms. The molecule has 66 valence electrons. The van der Waals surface area contributed by atoms with Crippen molar-refractivity contribution in [2.24, 2.45) is 0 Å². The van der Waals surface area contributed by atoms with Crippen LogP contribution in [0.25, 0.3) is 0 Å². The number of rotatable bonds is 2. The molecular weight excluding hydrogens is 156 g/mol. The summed E-state index contributed by atoms with van der Waals surface area (Å²) in [5.41, 5.74) is 1.37. The van der Waals surface area contributed by atoms with Gasteiger partial charge in [0.1, 0.15) is 5.75 Å². The van der Waals surface area contributed by atoms with Crippen molar-refractivity contribution in [1.82, 2.24) is 0 Å². The maximum Gasteiger partial charge on any atom is 0.182 e. The van der Waals surface area contributed by atoms with Crippen LogP contribution >= 0.6 is 0 Å². The molecule has 12 heavy (non-hydrogen) atoms. The molecule has 0 aliphatic rings. The Balaban J connectivity index is 3.12. The Morgan fingerprint density at radius 1 is 1.33 bits per heavy atom. The molecular formula is C9H12O3. The predicted octanol–water partition coefficient (Wildman–Crippen LogP) is 0.987. The Morgan fingerprint density at radius 2 is 2.00 bits per heavy atom. The second kappa shape index (κ2) is 3.56. The first kappa shape index (κ1) is 9.03. The quantitative estimate of drug-likeness (QED) is 0.647. The number of aliphatic hydroxyl groups excluding tert-OH is 1. The molecule has 1 rings (SSSR count). The molecule has 0 bridgehead atoms. The molecule has 1 aromatic carbocycles. The van der Waals surface area contributed by atoms with Gasteiger partial charge in [0.25, 0.3) is 0 Å². The van der Waals surface area contributed by atoms with Gasteiger partial charge in [0.05, 0.1) is 7.11 Å². The van der Waals surface area contributed by atoms with Gasteiger partial charge in [-0.1, -0.05) is 11.6 Å². The summed E-state index contributed by atoms with van der Waals surface area (Å²) in [7, 11) is 1.50. The Morgan fingerprint density at radius 3 is 2.50 bits per heavy atom. The minimum atomic E-state index is -1.47. The summed E-state index contributed by atoms with van der Waals surface area (Å²) in [5, 5.41) is 17.9. The fourth-order valence-corrected chi connectivity index (χ4v) is 1.06. The third-order valence-corrected chi connectivity index (χ3v) is 1.66. The number of methoxy groups -OCH3 is 1. The van der Waals surface area contributed by atoms with Crippen molar-refractivity contribution in [2.45, 2.75) is 13.2 Å². The largest absolute Gasteiger partial charge is 0.496 e. The van der Waals surface area contributed by atoms with E-state index in [4.69, 9.17) is 14.9 Å². The van der Waals surface area contributed by atoms with Gasteiger partial charge in [-0.25, -0.2) is 0 Å². The number of aryl methyl sites for hydroxylation is 1. The number of hydrogen-bond acceptors (Lipinski definition) is 3. The van der Waals surface area contributed by atoms with Gasteiger partial charge in [-0.05, 0) is 19.1 Å². The normalized spacial score (nSPS) is 10.4. The molecule has 0 atom stereocenters. The van der Waals surface area contributed by atoms with Crippen LogP contribution in [0, 0.1) is 6.92 Å². The summed E-state index contributed by atoms with van der Waals surface area (Å²) in [6, 6.07) is 5.25. The van der Waals surface area contributed by atoms with Crippen molar-refractivity contribution < 1.29 is 14.9 Å². The summed E-state index contributed by atoms with van der Waals surface area (Å²) in [6.07, 6.45) is -1.47. The summed E-state index contributed by atoms with van der Waals surface area (Å²) >= 11 is 0. The van der Waals surface area contributed by atoms with Gasteiger partial charge in [-0.3, -0.25) is 0 Å². The topological polar surface area (TPSA) is 49.7 Å². The minimum absolute atomic E-state index is 0.400. The van der Waals surface area contributed by atoms with Crippen LogP contribution in [0.15, 0.2) is 18.2 Å². The van der Waals surface area contributed by atoms with Gasteiger partial charge in [-0.15, -0.1) is 0 Å². The highest BCUT2D eigenvalue weighted by Gasteiger charge is 2.09. The number of benzene rings is 1. The van der Waals surface area contributed by atoms with E-state index in [-0.39, 0.29) is 0 Å². The molecule has 0 fully saturated rings. The summed E-state index contributed by atoms with van der Waals surface area (Å²) in [6.45, 7) is 1.88. The van der Waals surface area contributed by atoms with Crippen molar-refractivity contribution in [3.05, 3.63) is 29.3 Å². The first-order valence-corrected chi connectivity index (χ1v) is 3.66. The van der Waals surface area contributed by atoms with E-state index in [2.05, 4.69) is 0 Å². The zero-order chi connectivity index (χ0) is 9.14. The number of ether oxygens (including phenoxy) is 1. The smallest absolute Gasteiger partial charge is 0.182 e. The van der Waals surface area contributed by atoms with Gasteiger partial charge in [0, 0.05) is 5.56 Å². The molecule has 0 aliphatic heterocycles. The molecule has 2 N–H and O–H groups in total. The fourth-order valence-electron chi connectivity index (χ4n) is 1.06. The van der Waals surface area contributed by atoms with Crippen LogP contribution in [0.4, 0.5) is 0 Å². The van der Waals surface area contributed by atoms with Gasteiger partial charge in [0.2, 0.25) is 0 Å². The van der Waals surface area contributed by atoms with Gasteiger partial charge < -0.3 is 14.9 Å². The average molecular weight is 168 g/mol. The number of hydrogen-bond donors (Lipinski definition) is 2. The van der Waals surface area contributed by atoms with Crippen LogP contribution in [0.2, 0.25) is 0 Å². The van der Waals surface area contributed by atoms with E-state index in [1.165, 1.54) is 7.11 Å². The summed E-state index contributed by atoms with van der Waals surface area (Å²) < 4.78 is 4.94. The van der Waals surface area contributed by atoms with Crippen LogP contribution in [0.5, 0.6) is 5.75 Å². The molecule has 0 amide bonds. The molecule has 0 saturated heterocycles. The Bertz CT molecular complexity index is 268. The lowest BCUT2D eigenvalue weighted by Crippen LogP contribution is -1.99. The highest BCUT2D eigenvalue weighted by molar-refractivity contribution is 5.37. The lowest BCUT2D eigenvalue weighted by molar-refractivity contribution is -0.0439. The Labute approximate surface area is 71.2 Å². The molecule has 0 aliphatic carbocycles. The Hall–Kier alpha value is -1.06. The van der Waals surface area contributed by atoms with Crippen LogP contribution in [0.3, 0.4) is 0 Å². The lowest BCUT2D eigenvalue weighted by atomic mass is 10.1. The maximum absolute atomic E-state index is 8.94. The first-order valence-electron chi connectivity index (χ1n) is 3.66. The van der Waals surface area contributed by atoms with Crippen LogP contribution < -0.4 is 4.74 Å². The fraction of sp³-hybridized carbons (Fsp3) is 0.333. The molecule has 0 unspecified atom stereocenters. The SMILES string of the molecule is COc1ccc(C)cc1C(O)O. The van der Waals surface area contributed by atoms with Crippen molar-refractivity contribution in [1.29, 1.82) is 0 Å². The average Bonchev–Trinajstić information content (AvgIpc) is 2.04. The van der Waals surface area contributed by atoms with Crippen molar-refractivity contribution in [3.63, 3.8) is 0 Å². The van der Waals surface area contributed by atoms with E-state index in [0.717, 1.165) is 5.56 Å². The van der Waals surface area contributed by atoms with Crippen molar-refractivity contribution >= 4 is 0 Å². The van der Waals surface area contributed by atoms with Crippen LogP contribution in [0.1, 0.15) is 17.4 Å². The maximum atomic E-state index is 8.94. The molecule has 0 aromatic heterocycles. The van der Waals surface area contributed by atoms with Crippen LogP contribution in [-0.4, -0.2) is 17.3 Å². The summed E-state index contributed by atoms with van der Waals surface area (Å²) in [4.78, 5) is 0. The number of aliphatic hydroxyl groups is 2. The van der Waals surface area contributed by atoms with E-state index in [9.17, 15) is 0 Å². The second-order valence-electron chi connectivity index (χ2n) is 2.62. The van der Waals surface area contributed by atoms with E-state index < -0.39 is 6.29 Å². The Kier molecular flexibility index (Phi) is 2.68. The molecule has 0 heterocycles. The standard InChI is InChI=1S/C9H12O3/c1-6-3-4-8(12-2)7(5-6)9(10)11/h3-5,9-11H,1-2H3. The van der Waals surface area contributed by atoms with Gasteiger partial charge in [0.15, 0.2) is 6.29 Å². The van der Waals surface area contributed by atoms with E-state index in [1.54, 1.807) is 12.1 Å². The van der Waals surface area contributed by atoms with Gasteiger partial charge >= 0.3 is 0 Å². The van der Waals surface area contributed by atoms with Gasteiger partial charge in [-0.2, -0.15) is 0 Å². The lowest BCUT2D eigenvalue weighted by Gasteiger charge is -2.10. The molecule has 0 saturated carbocycles. The third-order valence-electron chi connectivity index (χ3n) is 1.66. The summed E-state index contributed by atoms with van der Waals surface area (Å²) in [5.74, 6) is 0.496. The zero-order valence-corrected chi connectivity index (χ0v) is 7.11. The van der Waals surface area contributed by atoms with Crippen molar-refractivity contribution in [2.75, 3.05) is 7.11 Å². The molecule has 3 heteroatoms.